The summed E-state index contributed by atoms with van der Waals surface area (Å²) in [6.45, 7) is 0. The average molecular weight is 359 g/mol. The fourth-order valence-corrected chi connectivity index (χ4v) is 3.39. The van der Waals surface area contributed by atoms with E-state index in [1.54, 1.807) is 29.2 Å². The minimum Gasteiger partial charge on any atom is -0.868 e. The van der Waals surface area contributed by atoms with Crippen LogP contribution in [0.5, 0.6) is 5.75 Å². The van der Waals surface area contributed by atoms with Gasteiger partial charge in [-0.25, -0.2) is 0 Å². The topological polar surface area (TPSA) is 98.5 Å². The lowest BCUT2D eigenvalue weighted by atomic mass is 10.0. The number of fused-ring (bicyclic) bond motifs is 1. The van der Waals surface area contributed by atoms with E-state index in [2.05, 4.69) is 5.32 Å². The monoisotopic (exact) mass is 358 g/mol. The van der Waals surface area contributed by atoms with Crippen LogP contribution in [0.2, 0.25) is 5.02 Å². The molecule has 1 aliphatic carbocycles. The van der Waals surface area contributed by atoms with Crippen molar-refractivity contribution in [3.8, 4) is 5.75 Å². The minimum atomic E-state index is -0.778. The second kappa shape index (κ2) is 5.63. The second-order valence-electron chi connectivity index (χ2n) is 6.14. The molecule has 1 aliphatic heterocycles. The molecule has 2 aromatic rings. The van der Waals surface area contributed by atoms with E-state index in [0.29, 0.717) is 11.3 Å². The van der Waals surface area contributed by atoms with Gasteiger partial charge in [0.1, 0.15) is 6.17 Å². The Balaban J connectivity index is 1.87. The Labute approximate surface area is 148 Å². The number of nitro groups is 1. The molecule has 7 nitrogen and oxygen atoms in total. The van der Waals surface area contributed by atoms with Crippen molar-refractivity contribution < 1.29 is 14.8 Å². The summed E-state index contributed by atoms with van der Waals surface area (Å²) in [5.74, 6) is -0.923. The maximum absolute atomic E-state index is 12.9. The molecular formula is C17H13ClN3O4-. The molecule has 2 aliphatic rings. The van der Waals surface area contributed by atoms with Crippen LogP contribution in [0, 0.1) is 10.1 Å². The van der Waals surface area contributed by atoms with Crippen LogP contribution in [0.25, 0.3) is 0 Å². The number of nitrogens with zero attached hydrogens (tertiary/aromatic N) is 2. The standard InChI is InChI=1S/C17H14ClN3O4/c18-9-7-12(15(22)14(8-9)21(24)25)16-19-13-4-2-1-3-11(13)17(23)20(16)10-5-6-10/h1-4,7-8,10,16,19,22H,5-6H2/p-1/t16-/m1/s1. The highest BCUT2D eigenvalue weighted by molar-refractivity contribution is 6.31. The molecule has 0 radical (unpaired) electrons. The van der Waals surface area contributed by atoms with Gasteiger partial charge >= 0.3 is 0 Å². The third kappa shape index (κ3) is 2.56. The highest BCUT2D eigenvalue weighted by Gasteiger charge is 2.42. The summed E-state index contributed by atoms with van der Waals surface area (Å²) in [7, 11) is 0. The Kier molecular flexibility index (Phi) is 3.54. The first-order valence-corrected chi connectivity index (χ1v) is 8.18. The highest BCUT2D eigenvalue weighted by atomic mass is 35.5. The molecule has 4 rings (SSSR count). The Bertz CT molecular complexity index is 897. The van der Waals surface area contributed by atoms with Crippen molar-refractivity contribution >= 4 is 28.9 Å². The molecular weight excluding hydrogens is 346 g/mol. The summed E-state index contributed by atoms with van der Waals surface area (Å²) < 4.78 is 0. The van der Waals surface area contributed by atoms with Crippen LogP contribution in [0.4, 0.5) is 11.4 Å². The lowest BCUT2D eigenvalue weighted by Crippen LogP contribution is -2.44. The zero-order valence-electron chi connectivity index (χ0n) is 12.9. The lowest BCUT2D eigenvalue weighted by Gasteiger charge is -2.39. The first-order valence-electron chi connectivity index (χ1n) is 7.80. The van der Waals surface area contributed by atoms with Gasteiger partial charge in [-0.15, -0.1) is 0 Å². The van der Waals surface area contributed by atoms with Crippen LogP contribution in [-0.4, -0.2) is 21.8 Å². The van der Waals surface area contributed by atoms with Gasteiger partial charge in [-0.1, -0.05) is 23.7 Å². The zero-order valence-corrected chi connectivity index (χ0v) is 13.7. The Morgan fingerprint density at radius 1 is 1.24 bits per heavy atom. The van der Waals surface area contributed by atoms with Crippen LogP contribution < -0.4 is 10.4 Å². The molecule has 0 saturated heterocycles. The number of halogens is 1. The molecule has 2 aromatic carbocycles. The van der Waals surface area contributed by atoms with Gasteiger partial charge in [0.15, 0.2) is 0 Å². The summed E-state index contributed by atoms with van der Waals surface area (Å²) in [5, 5.41) is 27.0. The molecule has 1 saturated carbocycles. The normalized spacial score (nSPS) is 19.3. The number of benzene rings is 2. The molecule has 1 fully saturated rings. The quantitative estimate of drug-likeness (QED) is 0.671. The number of nitrogens with one attached hydrogen (secondary N) is 1. The number of carbonyl (C=O) groups is 1. The molecule has 0 aromatic heterocycles. The third-order valence-electron chi connectivity index (χ3n) is 4.46. The van der Waals surface area contributed by atoms with Crippen molar-refractivity contribution in [2.75, 3.05) is 5.32 Å². The molecule has 128 valence electrons. The first-order chi connectivity index (χ1) is 12.0. The number of amides is 1. The predicted octanol–water partition coefficient (Wildman–Crippen LogP) is 3.05. The van der Waals surface area contributed by atoms with Crippen molar-refractivity contribution in [1.82, 2.24) is 4.90 Å². The molecule has 0 unspecified atom stereocenters. The molecule has 0 bridgehead atoms. The molecule has 0 spiro atoms. The van der Waals surface area contributed by atoms with Crippen LogP contribution >= 0.6 is 11.6 Å². The number of carbonyl (C=O) groups excluding carboxylic acids is 1. The molecule has 1 N–H and O–H groups in total. The summed E-state index contributed by atoms with van der Waals surface area (Å²) in [4.78, 5) is 24.9. The van der Waals surface area contributed by atoms with Gasteiger partial charge in [-0.2, -0.15) is 0 Å². The molecule has 1 amide bonds. The molecule has 8 heteroatoms. The Morgan fingerprint density at radius 2 is 1.96 bits per heavy atom. The predicted molar refractivity (Wildman–Crippen MR) is 89.5 cm³/mol. The van der Waals surface area contributed by atoms with E-state index >= 15 is 0 Å². The summed E-state index contributed by atoms with van der Waals surface area (Å²) >= 11 is 5.99. The van der Waals surface area contributed by atoms with Gasteiger partial charge in [0.2, 0.25) is 0 Å². The van der Waals surface area contributed by atoms with Gasteiger partial charge in [-0.05, 0) is 42.4 Å². The van der Waals surface area contributed by atoms with Gasteiger partial charge in [0.25, 0.3) is 11.6 Å². The number of nitro benzene ring substituents is 1. The number of rotatable bonds is 3. The van der Waals surface area contributed by atoms with Crippen molar-refractivity contribution in [3.63, 3.8) is 0 Å². The number of para-hydroxylation sites is 1. The van der Waals surface area contributed by atoms with Crippen molar-refractivity contribution in [2.45, 2.75) is 25.0 Å². The van der Waals surface area contributed by atoms with Gasteiger partial charge in [0.05, 0.1) is 10.5 Å². The van der Waals surface area contributed by atoms with E-state index in [0.717, 1.165) is 18.9 Å². The Hall–Kier alpha value is -2.80. The highest BCUT2D eigenvalue weighted by Crippen LogP contribution is 2.44. The summed E-state index contributed by atoms with van der Waals surface area (Å²) in [6.07, 6.45) is 0.895. The maximum atomic E-state index is 12.9. The maximum Gasteiger partial charge on any atom is 0.263 e. The van der Waals surface area contributed by atoms with E-state index in [1.807, 2.05) is 0 Å². The summed E-state index contributed by atoms with van der Waals surface area (Å²) in [6, 6.07) is 9.45. The molecule has 1 heterocycles. The van der Waals surface area contributed by atoms with Crippen LogP contribution in [0.1, 0.15) is 34.9 Å². The van der Waals surface area contributed by atoms with Crippen LogP contribution in [0.15, 0.2) is 36.4 Å². The molecule has 25 heavy (non-hydrogen) atoms. The van der Waals surface area contributed by atoms with E-state index in [-0.39, 0.29) is 22.5 Å². The Morgan fingerprint density at radius 3 is 2.64 bits per heavy atom. The fraction of sp³-hybridized carbons (Fsp3) is 0.235. The van der Waals surface area contributed by atoms with Crippen molar-refractivity contribution in [1.29, 1.82) is 0 Å². The number of anilines is 1. The van der Waals surface area contributed by atoms with Crippen molar-refractivity contribution in [3.05, 3.63) is 62.7 Å². The van der Waals surface area contributed by atoms with E-state index in [4.69, 9.17) is 11.6 Å². The number of hydrogen-bond donors (Lipinski definition) is 1. The van der Waals surface area contributed by atoms with Crippen molar-refractivity contribution in [2.24, 2.45) is 0 Å². The van der Waals surface area contributed by atoms with E-state index in [9.17, 15) is 20.0 Å². The van der Waals surface area contributed by atoms with Crippen LogP contribution in [0.3, 0.4) is 0 Å². The van der Waals surface area contributed by atoms with E-state index < -0.39 is 22.5 Å². The van der Waals surface area contributed by atoms with E-state index in [1.165, 1.54) is 6.07 Å². The summed E-state index contributed by atoms with van der Waals surface area (Å²) in [5.41, 5.74) is 0.631. The van der Waals surface area contributed by atoms with Gasteiger partial charge < -0.3 is 15.3 Å². The lowest BCUT2D eigenvalue weighted by molar-refractivity contribution is -0.398. The first kappa shape index (κ1) is 15.7. The van der Waals surface area contributed by atoms with Crippen LogP contribution in [-0.2, 0) is 0 Å². The second-order valence-corrected chi connectivity index (χ2v) is 6.57. The van der Waals surface area contributed by atoms with Gasteiger partial charge in [-0.3, -0.25) is 14.9 Å². The largest absolute Gasteiger partial charge is 0.868 e. The fourth-order valence-electron chi connectivity index (χ4n) is 3.16. The minimum absolute atomic E-state index is 0.00999. The smallest absolute Gasteiger partial charge is 0.263 e. The third-order valence-corrected chi connectivity index (χ3v) is 4.67. The molecule has 1 atom stereocenters. The van der Waals surface area contributed by atoms with Gasteiger partial charge in [0, 0.05) is 22.8 Å². The zero-order chi connectivity index (χ0) is 17.7. The SMILES string of the molecule is O=C1c2ccccc2N[C@@H](c2cc(Cl)cc([N+](=O)[O-])c2[O-])N1C1CC1. The average Bonchev–Trinajstić information content (AvgIpc) is 3.41. The number of hydrogen-bond acceptors (Lipinski definition) is 5.